The zero-order chi connectivity index (χ0) is 14.7. The highest BCUT2D eigenvalue weighted by atomic mass is 35.5. The van der Waals surface area contributed by atoms with Crippen molar-refractivity contribution < 1.29 is 14.3 Å². The van der Waals surface area contributed by atoms with Gasteiger partial charge in [-0.05, 0) is 19.1 Å². The summed E-state index contributed by atoms with van der Waals surface area (Å²) >= 11 is 5.87. The quantitative estimate of drug-likeness (QED) is 0.813. The predicted octanol–water partition coefficient (Wildman–Crippen LogP) is 0.630. The fourth-order valence-corrected chi connectivity index (χ4v) is 2.40. The molecular formula is C13H16ClN3O3. The van der Waals surface area contributed by atoms with E-state index in [-0.39, 0.29) is 23.6 Å². The van der Waals surface area contributed by atoms with Crippen LogP contribution in [0.1, 0.15) is 16.1 Å². The Morgan fingerprint density at radius 3 is 2.90 bits per heavy atom. The van der Waals surface area contributed by atoms with Crippen LogP contribution >= 0.6 is 11.6 Å². The first-order chi connectivity index (χ1) is 9.52. The van der Waals surface area contributed by atoms with Gasteiger partial charge in [-0.2, -0.15) is 0 Å². The van der Waals surface area contributed by atoms with Gasteiger partial charge in [0, 0.05) is 24.8 Å². The Morgan fingerprint density at radius 2 is 2.25 bits per heavy atom. The molecule has 0 radical (unpaired) electrons. The highest BCUT2D eigenvalue weighted by Gasteiger charge is 2.33. The lowest BCUT2D eigenvalue weighted by Crippen LogP contribution is -2.55. The van der Waals surface area contributed by atoms with Crippen molar-refractivity contribution in [2.45, 2.75) is 13.0 Å². The topological polar surface area (TPSA) is 71.5 Å². The summed E-state index contributed by atoms with van der Waals surface area (Å²) in [6, 6.07) is 2.55. The summed E-state index contributed by atoms with van der Waals surface area (Å²) in [4.78, 5) is 29.9. The number of aromatic nitrogens is 1. The van der Waals surface area contributed by atoms with Crippen LogP contribution in [0.3, 0.4) is 0 Å². The van der Waals surface area contributed by atoms with Gasteiger partial charge in [0.25, 0.3) is 5.91 Å². The molecule has 2 rings (SSSR count). The van der Waals surface area contributed by atoms with Crippen molar-refractivity contribution in [2.24, 2.45) is 0 Å². The van der Waals surface area contributed by atoms with E-state index in [0.717, 1.165) is 0 Å². The van der Waals surface area contributed by atoms with Crippen LogP contribution in [0.4, 0.5) is 0 Å². The van der Waals surface area contributed by atoms with Crippen molar-refractivity contribution in [3.05, 3.63) is 28.5 Å². The largest absolute Gasteiger partial charge is 0.377 e. The molecular weight excluding hydrogens is 282 g/mol. The van der Waals surface area contributed by atoms with E-state index >= 15 is 0 Å². The number of halogens is 1. The van der Waals surface area contributed by atoms with E-state index < -0.39 is 6.04 Å². The van der Waals surface area contributed by atoms with Gasteiger partial charge in [0.1, 0.15) is 11.2 Å². The second-order valence-electron chi connectivity index (χ2n) is 4.52. The molecule has 0 spiro atoms. The van der Waals surface area contributed by atoms with E-state index in [9.17, 15) is 9.59 Å². The maximum absolute atomic E-state index is 12.5. The molecule has 1 aromatic rings. The number of nitrogens with one attached hydrogen (secondary N) is 1. The average Bonchev–Trinajstić information content (AvgIpc) is 2.44. The minimum absolute atomic E-state index is 0.198. The number of likely N-dealkylation sites (N-methyl/N-ethyl adjacent to an activating group) is 1. The molecule has 7 heteroatoms. The number of aryl methyl sites for hydroxylation is 1. The van der Waals surface area contributed by atoms with Gasteiger partial charge in [-0.15, -0.1) is 0 Å². The SMILES string of the molecule is CNC(=O)C1COCCN1C(=O)c1cc(C)nc(Cl)c1. The summed E-state index contributed by atoms with van der Waals surface area (Å²) in [5.41, 5.74) is 1.09. The zero-order valence-corrected chi connectivity index (χ0v) is 12.1. The molecule has 2 amide bonds. The Morgan fingerprint density at radius 1 is 1.50 bits per heavy atom. The number of carbonyl (C=O) groups excluding carboxylic acids is 2. The van der Waals surface area contributed by atoms with Gasteiger partial charge in [0.2, 0.25) is 5.91 Å². The van der Waals surface area contributed by atoms with E-state index in [2.05, 4.69) is 10.3 Å². The Labute approximate surface area is 122 Å². The van der Waals surface area contributed by atoms with Gasteiger partial charge < -0.3 is 15.0 Å². The number of morpholine rings is 1. The van der Waals surface area contributed by atoms with Gasteiger partial charge in [-0.25, -0.2) is 4.98 Å². The fraction of sp³-hybridized carbons (Fsp3) is 0.462. The Balaban J connectivity index is 2.27. The number of hydrogen-bond acceptors (Lipinski definition) is 4. The van der Waals surface area contributed by atoms with E-state index in [1.54, 1.807) is 13.0 Å². The molecule has 0 aromatic carbocycles. The Kier molecular flexibility index (Phi) is 4.57. The molecule has 1 atom stereocenters. The first-order valence-corrected chi connectivity index (χ1v) is 6.65. The first kappa shape index (κ1) is 14.7. The fourth-order valence-electron chi connectivity index (χ4n) is 2.15. The summed E-state index contributed by atoms with van der Waals surface area (Å²) in [7, 11) is 1.53. The first-order valence-electron chi connectivity index (χ1n) is 6.27. The van der Waals surface area contributed by atoms with Crippen LogP contribution in [0.5, 0.6) is 0 Å². The van der Waals surface area contributed by atoms with Crippen molar-refractivity contribution in [1.29, 1.82) is 0 Å². The van der Waals surface area contributed by atoms with Crippen LogP contribution in [0.25, 0.3) is 0 Å². The summed E-state index contributed by atoms with van der Waals surface area (Å²) < 4.78 is 5.28. The van der Waals surface area contributed by atoms with Crippen LogP contribution in [-0.2, 0) is 9.53 Å². The van der Waals surface area contributed by atoms with Gasteiger partial charge in [-0.1, -0.05) is 11.6 Å². The smallest absolute Gasteiger partial charge is 0.254 e. The second-order valence-corrected chi connectivity index (χ2v) is 4.91. The molecule has 0 bridgehead atoms. The molecule has 20 heavy (non-hydrogen) atoms. The third-order valence-electron chi connectivity index (χ3n) is 3.11. The van der Waals surface area contributed by atoms with Gasteiger partial charge >= 0.3 is 0 Å². The molecule has 1 unspecified atom stereocenters. The summed E-state index contributed by atoms with van der Waals surface area (Å²) in [6.07, 6.45) is 0. The molecule has 1 aliphatic rings. The number of ether oxygens (including phenoxy) is 1. The van der Waals surface area contributed by atoms with Crippen LogP contribution in [0.2, 0.25) is 5.15 Å². The van der Waals surface area contributed by atoms with Crippen LogP contribution in [-0.4, -0.2) is 54.5 Å². The highest BCUT2D eigenvalue weighted by Crippen LogP contribution is 2.16. The molecule has 0 saturated carbocycles. The van der Waals surface area contributed by atoms with Crippen molar-refractivity contribution in [1.82, 2.24) is 15.2 Å². The molecule has 6 nitrogen and oxygen atoms in total. The lowest BCUT2D eigenvalue weighted by atomic mass is 10.1. The molecule has 0 aliphatic carbocycles. The summed E-state index contributed by atoms with van der Waals surface area (Å²) in [6.45, 7) is 2.74. The summed E-state index contributed by atoms with van der Waals surface area (Å²) in [5, 5.41) is 2.80. The van der Waals surface area contributed by atoms with E-state index in [0.29, 0.717) is 24.4 Å². The van der Waals surface area contributed by atoms with Gasteiger partial charge in [0.05, 0.1) is 13.2 Å². The molecule has 1 aromatic heterocycles. The van der Waals surface area contributed by atoms with Crippen LogP contribution in [0.15, 0.2) is 12.1 Å². The molecule has 1 N–H and O–H groups in total. The number of carbonyl (C=O) groups is 2. The maximum atomic E-state index is 12.5. The predicted molar refractivity (Wildman–Crippen MR) is 73.7 cm³/mol. The van der Waals surface area contributed by atoms with E-state index in [1.807, 2.05) is 0 Å². The molecule has 1 fully saturated rings. The van der Waals surface area contributed by atoms with E-state index in [4.69, 9.17) is 16.3 Å². The van der Waals surface area contributed by atoms with Crippen molar-refractivity contribution >= 4 is 23.4 Å². The Hall–Kier alpha value is -1.66. The third-order valence-corrected chi connectivity index (χ3v) is 3.30. The van der Waals surface area contributed by atoms with Crippen molar-refractivity contribution in [3.63, 3.8) is 0 Å². The number of pyridine rings is 1. The minimum atomic E-state index is -0.617. The van der Waals surface area contributed by atoms with Crippen molar-refractivity contribution in [2.75, 3.05) is 26.8 Å². The third kappa shape index (κ3) is 3.08. The minimum Gasteiger partial charge on any atom is -0.377 e. The second kappa shape index (κ2) is 6.19. The number of hydrogen-bond donors (Lipinski definition) is 1. The Bertz CT molecular complexity index is 515. The van der Waals surface area contributed by atoms with Gasteiger partial charge in [0.15, 0.2) is 0 Å². The average molecular weight is 298 g/mol. The number of nitrogens with zero attached hydrogens (tertiary/aromatic N) is 2. The molecule has 2 heterocycles. The van der Waals surface area contributed by atoms with Crippen LogP contribution < -0.4 is 5.32 Å². The molecule has 1 saturated heterocycles. The lowest BCUT2D eigenvalue weighted by Gasteiger charge is -2.34. The number of amides is 2. The molecule has 1 aliphatic heterocycles. The normalized spacial score (nSPS) is 18.8. The maximum Gasteiger partial charge on any atom is 0.254 e. The summed E-state index contributed by atoms with van der Waals surface area (Å²) in [5.74, 6) is -0.482. The standard InChI is InChI=1S/C13H16ClN3O3/c1-8-5-9(6-11(14)16-8)13(19)17-3-4-20-7-10(17)12(18)15-2/h5-6,10H,3-4,7H2,1-2H3,(H,15,18). The molecule has 108 valence electrons. The van der Waals surface area contributed by atoms with Crippen LogP contribution in [0, 0.1) is 6.92 Å². The van der Waals surface area contributed by atoms with E-state index in [1.165, 1.54) is 18.0 Å². The monoisotopic (exact) mass is 297 g/mol. The van der Waals surface area contributed by atoms with Crippen molar-refractivity contribution in [3.8, 4) is 0 Å². The van der Waals surface area contributed by atoms with Gasteiger partial charge in [-0.3, -0.25) is 9.59 Å². The lowest BCUT2D eigenvalue weighted by molar-refractivity contribution is -0.130. The number of rotatable bonds is 2. The zero-order valence-electron chi connectivity index (χ0n) is 11.4. The highest BCUT2D eigenvalue weighted by molar-refractivity contribution is 6.29.